The van der Waals surface area contributed by atoms with Gasteiger partial charge in [-0.1, -0.05) is 27.7 Å². The summed E-state index contributed by atoms with van der Waals surface area (Å²) in [5.41, 5.74) is 0. The molecule has 0 spiro atoms. The Morgan fingerprint density at radius 3 is 1.73 bits per heavy atom. The highest BCUT2D eigenvalue weighted by atomic mass is 16.7. The van der Waals surface area contributed by atoms with Gasteiger partial charge < -0.3 is 9.68 Å². The van der Waals surface area contributed by atoms with Gasteiger partial charge in [-0.05, 0) is 18.3 Å². The normalized spacial score (nSPS) is 9.20. The molecule has 0 aliphatic carbocycles. The smallest absolute Gasteiger partial charge is 0.155 e. The maximum Gasteiger partial charge on any atom is 0.155 e. The lowest BCUT2D eigenvalue weighted by molar-refractivity contribution is 0.114. The fraction of sp³-hybridized carbons (Fsp3) is 1.00. The fourth-order valence-electron chi connectivity index (χ4n) is 0.505. The van der Waals surface area contributed by atoms with Crippen molar-refractivity contribution in [1.29, 1.82) is 0 Å². The molecule has 0 amide bonds. The van der Waals surface area contributed by atoms with Gasteiger partial charge in [0.2, 0.25) is 0 Å². The highest BCUT2D eigenvalue weighted by molar-refractivity contribution is 4.40. The van der Waals surface area contributed by atoms with Crippen LogP contribution in [0.4, 0.5) is 0 Å². The van der Waals surface area contributed by atoms with Crippen molar-refractivity contribution in [2.45, 2.75) is 34.1 Å². The Labute approximate surface area is 90.2 Å². The van der Waals surface area contributed by atoms with Gasteiger partial charge in [-0.25, -0.2) is 0 Å². The Morgan fingerprint density at radius 2 is 1.47 bits per heavy atom. The van der Waals surface area contributed by atoms with Gasteiger partial charge in [-0.15, -0.1) is 9.81 Å². The molecule has 0 unspecified atom stereocenters. The van der Waals surface area contributed by atoms with Crippen molar-refractivity contribution in [2.75, 3.05) is 13.2 Å². The monoisotopic (exact) mass is 220 g/mol. The second-order valence-electron chi connectivity index (χ2n) is 3.85. The first-order chi connectivity index (χ1) is 7.04. The van der Waals surface area contributed by atoms with E-state index in [9.17, 15) is 9.81 Å². The Morgan fingerprint density at radius 1 is 0.933 bits per heavy atom. The van der Waals surface area contributed by atoms with Crippen LogP contribution in [-0.2, 0) is 9.68 Å². The molecule has 0 bridgehead atoms. The highest BCUT2D eigenvalue weighted by Crippen LogP contribution is 1.98. The SMILES string of the molecule is CC(C)CCON=O.CC(C)CON=O. The molecule has 6 heteroatoms. The number of rotatable bonds is 7. The Kier molecular flexibility index (Phi) is 13.9. The van der Waals surface area contributed by atoms with Crippen molar-refractivity contribution < 1.29 is 9.68 Å². The standard InChI is InChI=1S/C5H11NO2.C4H9NO2/c1-5(2)3-4-8-6-7;1-4(2)3-7-5-6/h5H,3-4H2,1-2H3;4H,3H2,1-2H3. The molecule has 0 fully saturated rings. The maximum atomic E-state index is 9.31. The highest BCUT2D eigenvalue weighted by Gasteiger charge is 1.91. The van der Waals surface area contributed by atoms with E-state index in [-0.39, 0.29) is 0 Å². The Bertz CT molecular complexity index is 151. The molecule has 6 nitrogen and oxygen atoms in total. The van der Waals surface area contributed by atoms with Crippen molar-refractivity contribution in [3.63, 3.8) is 0 Å². The van der Waals surface area contributed by atoms with Crippen LogP contribution >= 0.6 is 0 Å². The summed E-state index contributed by atoms with van der Waals surface area (Å²) in [6.07, 6.45) is 0.895. The van der Waals surface area contributed by atoms with Gasteiger partial charge in [0.1, 0.15) is 13.2 Å². The zero-order valence-electron chi connectivity index (χ0n) is 9.80. The molecule has 0 aromatic rings. The lowest BCUT2D eigenvalue weighted by atomic mass is 10.1. The summed E-state index contributed by atoms with van der Waals surface area (Å²) in [5.74, 6) is 0.967. The van der Waals surface area contributed by atoms with Gasteiger partial charge in [0, 0.05) is 0 Å². The first kappa shape index (κ1) is 16.2. The van der Waals surface area contributed by atoms with Crippen LogP contribution in [0.3, 0.4) is 0 Å². The number of hydrogen-bond acceptors (Lipinski definition) is 6. The molecule has 0 aliphatic heterocycles. The van der Waals surface area contributed by atoms with Crippen molar-refractivity contribution in [3.8, 4) is 0 Å². The predicted molar refractivity (Wildman–Crippen MR) is 57.8 cm³/mol. The van der Waals surface area contributed by atoms with Crippen LogP contribution in [0.1, 0.15) is 34.1 Å². The first-order valence-corrected chi connectivity index (χ1v) is 4.93. The lowest BCUT2D eigenvalue weighted by Crippen LogP contribution is -1.95. The van der Waals surface area contributed by atoms with Gasteiger partial charge in [0.05, 0.1) is 0 Å². The zero-order chi connectivity index (χ0) is 12.1. The van der Waals surface area contributed by atoms with E-state index in [4.69, 9.17) is 0 Å². The molecule has 0 atom stereocenters. The van der Waals surface area contributed by atoms with Crippen LogP contribution in [0.25, 0.3) is 0 Å². The van der Waals surface area contributed by atoms with E-state index in [2.05, 4.69) is 34.2 Å². The summed E-state index contributed by atoms with van der Waals surface area (Å²) < 4.78 is 0. The van der Waals surface area contributed by atoms with Crippen LogP contribution in [-0.4, -0.2) is 13.2 Å². The summed E-state index contributed by atoms with van der Waals surface area (Å²) in [6.45, 7) is 8.89. The summed E-state index contributed by atoms with van der Waals surface area (Å²) in [4.78, 5) is 26.9. The molecule has 0 aromatic carbocycles. The second-order valence-corrected chi connectivity index (χ2v) is 3.85. The van der Waals surface area contributed by atoms with Crippen LogP contribution < -0.4 is 0 Å². The molecule has 90 valence electrons. The van der Waals surface area contributed by atoms with Gasteiger partial charge in [0.25, 0.3) is 0 Å². The zero-order valence-corrected chi connectivity index (χ0v) is 9.80. The minimum Gasteiger partial charge on any atom is -0.364 e. The molecule has 0 aromatic heterocycles. The second kappa shape index (κ2) is 12.8. The fourth-order valence-corrected chi connectivity index (χ4v) is 0.505. The molecule has 15 heavy (non-hydrogen) atoms. The minimum atomic E-state index is 0.387. The van der Waals surface area contributed by atoms with Gasteiger partial charge in [-0.3, -0.25) is 0 Å². The largest absolute Gasteiger partial charge is 0.364 e. The number of nitrogens with zero attached hydrogens (tertiary/aromatic N) is 2. The van der Waals surface area contributed by atoms with E-state index in [1.165, 1.54) is 0 Å². The molecule has 0 rings (SSSR count). The summed E-state index contributed by atoms with van der Waals surface area (Å²) in [5, 5.41) is 4.48. The summed E-state index contributed by atoms with van der Waals surface area (Å²) >= 11 is 0. The van der Waals surface area contributed by atoms with E-state index >= 15 is 0 Å². The van der Waals surface area contributed by atoms with Gasteiger partial charge in [0.15, 0.2) is 10.7 Å². The average Bonchev–Trinajstić information content (AvgIpc) is 2.15. The minimum absolute atomic E-state index is 0.387. The van der Waals surface area contributed by atoms with E-state index in [1.54, 1.807) is 0 Å². The third-order valence-electron chi connectivity index (χ3n) is 1.30. The lowest BCUT2D eigenvalue weighted by Gasteiger charge is -1.98. The van der Waals surface area contributed by atoms with Crippen LogP contribution in [0.2, 0.25) is 0 Å². The van der Waals surface area contributed by atoms with Gasteiger partial charge in [-0.2, -0.15) is 0 Å². The third kappa shape index (κ3) is 24.5. The van der Waals surface area contributed by atoms with E-state index in [0.717, 1.165) is 6.42 Å². The maximum absolute atomic E-state index is 9.31. The molecule has 0 N–H and O–H groups in total. The Balaban J connectivity index is 0. The van der Waals surface area contributed by atoms with Crippen molar-refractivity contribution in [3.05, 3.63) is 9.81 Å². The first-order valence-electron chi connectivity index (χ1n) is 4.93. The van der Waals surface area contributed by atoms with Crippen molar-refractivity contribution >= 4 is 0 Å². The molecular weight excluding hydrogens is 200 g/mol. The van der Waals surface area contributed by atoms with Gasteiger partial charge >= 0.3 is 0 Å². The predicted octanol–water partition coefficient (Wildman–Crippen LogP) is 3.07. The van der Waals surface area contributed by atoms with E-state index in [1.807, 2.05) is 13.8 Å². The van der Waals surface area contributed by atoms with Crippen molar-refractivity contribution in [2.24, 2.45) is 22.5 Å². The van der Waals surface area contributed by atoms with Crippen LogP contribution in [0.15, 0.2) is 10.7 Å². The molecular formula is C9H20N2O4. The molecule has 0 radical (unpaired) electrons. The molecule has 0 saturated heterocycles. The summed E-state index contributed by atoms with van der Waals surface area (Å²) in [7, 11) is 0. The number of hydrogen-bond donors (Lipinski definition) is 0. The molecule has 0 heterocycles. The molecule has 0 aliphatic rings. The quantitative estimate of drug-likeness (QED) is 0.375. The third-order valence-corrected chi connectivity index (χ3v) is 1.30. The summed E-state index contributed by atoms with van der Waals surface area (Å²) in [6, 6.07) is 0. The van der Waals surface area contributed by atoms with E-state index in [0.29, 0.717) is 25.0 Å². The average molecular weight is 220 g/mol. The van der Waals surface area contributed by atoms with Crippen LogP contribution in [0, 0.1) is 21.6 Å². The van der Waals surface area contributed by atoms with Crippen LogP contribution in [0.5, 0.6) is 0 Å². The van der Waals surface area contributed by atoms with Crippen molar-refractivity contribution in [1.82, 2.24) is 0 Å². The molecule has 0 saturated carbocycles. The Hall–Kier alpha value is -1.20. The topological polar surface area (TPSA) is 77.3 Å². The van der Waals surface area contributed by atoms with E-state index < -0.39 is 0 Å².